The van der Waals surface area contributed by atoms with Crippen molar-refractivity contribution in [1.82, 2.24) is 0 Å². The largest absolute Gasteiger partial charge is 0.399 e. The molecular formula is C6H8N2S2. The molecule has 0 aromatic heterocycles. The van der Waals surface area contributed by atoms with Crippen molar-refractivity contribution in [1.29, 1.82) is 0 Å². The van der Waals surface area contributed by atoms with E-state index in [1.54, 1.807) is 18.2 Å². The van der Waals surface area contributed by atoms with Crippen LogP contribution in [0.4, 0.5) is 11.4 Å². The summed E-state index contributed by atoms with van der Waals surface area (Å²) >= 11 is 4.01. The van der Waals surface area contributed by atoms with E-state index in [0.29, 0.717) is 11.4 Å². The Morgan fingerprint density at radius 1 is 1.30 bits per heavy atom. The fraction of sp³-hybridized carbons (Fsp3) is 0. The highest BCUT2D eigenvalue weighted by Gasteiger charge is 1.96. The fourth-order valence-corrected chi connectivity index (χ4v) is 1.47. The summed E-state index contributed by atoms with van der Waals surface area (Å²) in [6, 6.07) is 5.34. The molecule has 0 amide bonds. The van der Waals surface area contributed by atoms with Gasteiger partial charge in [0.15, 0.2) is 0 Å². The minimum Gasteiger partial charge on any atom is -0.399 e. The highest BCUT2D eigenvalue weighted by Crippen LogP contribution is 2.28. The Bertz CT molecular complexity index is 237. The minimum atomic E-state index is 0.714. The lowest BCUT2D eigenvalue weighted by Crippen LogP contribution is -1.90. The maximum atomic E-state index is 5.57. The lowest BCUT2D eigenvalue weighted by atomic mass is 10.3. The normalized spacial score (nSPS) is 9.70. The Morgan fingerprint density at radius 3 is 2.50 bits per heavy atom. The second kappa shape index (κ2) is 3.07. The third-order valence-corrected chi connectivity index (χ3v) is 2.28. The number of hydrogen-bond acceptors (Lipinski definition) is 4. The predicted molar refractivity (Wildman–Crippen MR) is 50.1 cm³/mol. The highest BCUT2D eigenvalue weighted by atomic mass is 33.1. The molecule has 0 aliphatic heterocycles. The van der Waals surface area contributed by atoms with Crippen LogP contribution < -0.4 is 11.5 Å². The van der Waals surface area contributed by atoms with Crippen LogP contribution in [0.1, 0.15) is 0 Å². The van der Waals surface area contributed by atoms with Crippen LogP contribution in [0.15, 0.2) is 23.1 Å². The van der Waals surface area contributed by atoms with Crippen molar-refractivity contribution >= 4 is 33.8 Å². The van der Waals surface area contributed by atoms with Crippen molar-refractivity contribution in [3.05, 3.63) is 18.2 Å². The molecule has 0 spiro atoms. The van der Waals surface area contributed by atoms with Crippen LogP contribution in [-0.2, 0) is 0 Å². The SMILES string of the molecule is Nc1ccc(N)c(SS)c1. The van der Waals surface area contributed by atoms with Crippen molar-refractivity contribution in [2.45, 2.75) is 4.90 Å². The van der Waals surface area contributed by atoms with E-state index < -0.39 is 0 Å². The van der Waals surface area contributed by atoms with Crippen LogP contribution in [0.3, 0.4) is 0 Å². The van der Waals surface area contributed by atoms with Gasteiger partial charge in [0.1, 0.15) is 0 Å². The molecule has 0 fully saturated rings. The number of thiol groups is 1. The van der Waals surface area contributed by atoms with Gasteiger partial charge in [-0.2, -0.15) is 0 Å². The highest BCUT2D eigenvalue weighted by molar-refractivity contribution is 8.68. The van der Waals surface area contributed by atoms with Crippen LogP contribution in [0, 0.1) is 0 Å². The average Bonchev–Trinajstić information content (AvgIpc) is 1.94. The fourth-order valence-electron chi connectivity index (χ4n) is 0.630. The molecule has 0 saturated heterocycles. The second-order valence-electron chi connectivity index (χ2n) is 1.89. The van der Waals surface area contributed by atoms with Gasteiger partial charge < -0.3 is 11.5 Å². The molecular weight excluding hydrogens is 164 g/mol. The molecule has 1 rings (SSSR count). The first kappa shape index (κ1) is 7.63. The molecule has 0 atom stereocenters. The smallest absolute Gasteiger partial charge is 0.0462 e. The van der Waals surface area contributed by atoms with Crippen molar-refractivity contribution < 1.29 is 0 Å². The zero-order chi connectivity index (χ0) is 7.56. The molecule has 0 aliphatic rings. The van der Waals surface area contributed by atoms with Crippen LogP contribution in [0.5, 0.6) is 0 Å². The molecule has 1 aromatic carbocycles. The number of rotatable bonds is 1. The van der Waals surface area contributed by atoms with Gasteiger partial charge in [-0.1, -0.05) is 10.8 Å². The van der Waals surface area contributed by atoms with Crippen molar-refractivity contribution in [2.75, 3.05) is 11.5 Å². The van der Waals surface area contributed by atoms with E-state index in [-0.39, 0.29) is 0 Å². The molecule has 0 saturated carbocycles. The lowest BCUT2D eigenvalue weighted by molar-refractivity contribution is 1.47. The van der Waals surface area contributed by atoms with E-state index in [9.17, 15) is 0 Å². The molecule has 0 bridgehead atoms. The second-order valence-corrected chi connectivity index (χ2v) is 3.06. The summed E-state index contributed by atoms with van der Waals surface area (Å²) in [5.41, 5.74) is 12.5. The lowest BCUT2D eigenvalue weighted by Gasteiger charge is -2.00. The van der Waals surface area contributed by atoms with Gasteiger partial charge in [-0.25, -0.2) is 0 Å². The Hall–Kier alpha value is -0.480. The average molecular weight is 172 g/mol. The molecule has 0 unspecified atom stereocenters. The molecule has 0 heterocycles. The molecule has 4 heteroatoms. The summed E-state index contributed by atoms with van der Waals surface area (Å²) < 4.78 is 0. The summed E-state index contributed by atoms with van der Waals surface area (Å²) in [5, 5.41) is 0. The maximum absolute atomic E-state index is 5.57. The van der Waals surface area contributed by atoms with Gasteiger partial charge in [0, 0.05) is 16.3 Å². The number of nitrogens with two attached hydrogens (primary N) is 2. The van der Waals surface area contributed by atoms with E-state index in [1.807, 2.05) is 0 Å². The molecule has 10 heavy (non-hydrogen) atoms. The van der Waals surface area contributed by atoms with Gasteiger partial charge in [0.05, 0.1) is 0 Å². The Kier molecular flexibility index (Phi) is 2.34. The first-order chi connectivity index (χ1) is 4.74. The van der Waals surface area contributed by atoms with Gasteiger partial charge in [-0.15, -0.1) is 11.7 Å². The topological polar surface area (TPSA) is 52.0 Å². The first-order valence-corrected chi connectivity index (χ1v) is 4.57. The third kappa shape index (κ3) is 1.52. The molecule has 0 radical (unpaired) electrons. The van der Waals surface area contributed by atoms with E-state index in [0.717, 1.165) is 4.90 Å². The zero-order valence-electron chi connectivity index (χ0n) is 5.24. The van der Waals surface area contributed by atoms with Crippen molar-refractivity contribution in [2.24, 2.45) is 0 Å². The molecule has 0 aliphatic carbocycles. The number of nitrogen functional groups attached to an aromatic ring is 2. The van der Waals surface area contributed by atoms with Crippen LogP contribution in [0.2, 0.25) is 0 Å². The Labute approximate surface area is 68.8 Å². The molecule has 1 aromatic rings. The Balaban J connectivity index is 3.09. The van der Waals surface area contributed by atoms with Gasteiger partial charge in [0.25, 0.3) is 0 Å². The predicted octanol–water partition coefficient (Wildman–Crippen LogP) is 1.79. The van der Waals surface area contributed by atoms with Crippen LogP contribution in [-0.4, -0.2) is 0 Å². The maximum Gasteiger partial charge on any atom is 0.0462 e. The number of anilines is 2. The van der Waals surface area contributed by atoms with Gasteiger partial charge in [-0.05, 0) is 18.2 Å². The number of hydrogen-bond donors (Lipinski definition) is 3. The minimum absolute atomic E-state index is 0.714. The molecule has 2 nitrogen and oxygen atoms in total. The van der Waals surface area contributed by atoms with E-state index >= 15 is 0 Å². The van der Waals surface area contributed by atoms with Crippen molar-refractivity contribution in [3.63, 3.8) is 0 Å². The third-order valence-electron chi connectivity index (χ3n) is 1.14. The Morgan fingerprint density at radius 2 is 2.00 bits per heavy atom. The summed E-state index contributed by atoms with van der Waals surface area (Å²) in [6.07, 6.45) is 0. The monoisotopic (exact) mass is 172 g/mol. The van der Waals surface area contributed by atoms with E-state index in [2.05, 4.69) is 11.7 Å². The standard InChI is InChI=1S/C6H8N2S2/c7-4-1-2-5(8)6(3-4)10-9/h1-3,9H,7-8H2. The van der Waals surface area contributed by atoms with Crippen LogP contribution >= 0.6 is 22.5 Å². The number of benzene rings is 1. The first-order valence-electron chi connectivity index (χ1n) is 2.70. The van der Waals surface area contributed by atoms with Crippen molar-refractivity contribution in [3.8, 4) is 0 Å². The molecule has 4 N–H and O–H groups in total. The quantitative estimate of drug-likeness (QED) is 0.344. The molecule has 54 valence electrons. The summed E-state index contributed by atoms with van der Waals surface area (Å²) in [6.45, 7) is 0. The summed E-state index contributed by atoms with van der Waals surface area (Å²) in [5.74, 6) is 0. The summed E-state index contributed by atoms with van der Waals surface area (Å²) in [7, 11) is 1.30. The van der Waals surface area contributed by atoms with Gasteiger partial charge >= 0.3 is 0 Å². The van der Waals surface area contributed by atoms with Crippen LogP contribution in [0.25, 0.3) is 0 Å². The van der Waals surface area contributed by atoms with E-state index in [4.69, 9.17) is 11.5 Å². The van der Waals surface area contributed by atoms with Gasteiger partial charge in [0.2, 0.25) is 0 Å². The van der Waals surface area contributed by atoms with Gasteiger partial charge in [-0.3, -0.25) is 0 Å². The zero-order valence-corrected chi connectivity index (χ0v) is 6.95. The summed E-state index contributed by atoms with van der Waals surface area (Å²) in [4.78, 5) is 0.906. The van der Waals surface area contributed by atoms with E-state index in [1.165, 1.54) is 10.8 Å².